The van der Waals surface area contributed by atoms with Crippen molar-refractivity contribution in [3.8, 4) is 56.4 Å². The maximum atomic E-state index is 6.63. The van der Waals surface area contributed by atoms with E-state index in [-0.39, 0.29) is 5.92 Å². The molecule has 0 fully saturated rings. The first-order valence-electron chi connectivity index (χ1n) is 22.0. The van der Waals surface area contributed by atoms with E-state index in [4.69, 9.17) is 37.9 Å². The number of ether oxygens (including phenoxy) is 8. The third-order valence-electron chi connectivity index (χ3n) is 10.3. The Morgan fingerprint density at radius 1 is 0.338 bits per heavy atom. The van der Waals surface area contributed by atoms with Gasteiger partial charge < -0.3 is 37.9 Å². The van der Waals surface area contributed by atoms with Crippen LogP contribution in [0.15, 0.2) is 190 Å². The molecule has 65 heavy (non-hydrogen) atoms. The zero-order chi connectivity index (χ0) is 45.3. The van der Waals surface area contributed by atoms with E-state index in [2.05, 4.69) is 136 Å². The second-order valence-electron chi connectivity index (χ2n) is 14.8. The van der Waals surface area contributed by atoms with Crippen LogP contribution in [-0.4, -0.2) is 79.3 Å². The molecule has 6 rings (SSSR count). The molecule has 0 amide bonds. The number of hydrogen-bond acceptors (Lipinski definition) is 8. The summed E-state index contributed by atoms with van der Waals surface area (Å²) in [5.74, 6) is 2.65. The Hall–Kier alpha value is -6.68. The second-order valence-corrected chi connectivity index (χ2v) is 14.8. The summed E-state index contributed by atoms with van der Waals surface area (Å²) in [7, 11) is 0. The Morgan fingerprint density at radius 2 is 0.677 bits per heavy atom. The van der Waals surface area contributed by atoms with Gasteiger partial charge in [-0.25, -0.2) is 0 Å². The van der Waals surface area contributed by atoms with Crippen molar-refractivity contribution in [3.63, 3.8) is 0 Å². The van der Waals surface area contributed by atoms with E-state index in [1.807, 2.05) is 30.3 Å². The molecular weight excluding hydrogens is 813 g/mol. The summed E-state index contributed by atoms with van der Waals surface area (Å²) in [4.78, 5) is 0. The van der Waals surface area contributed by atoms with Gasteiger partial charge in [0.15, 0.2) is 0 Å². The largest absolute Gasteiger partial charge is 0.491 e. The molecule has 0 aliphatic rings. The van der Waals surface area contributed by atoms with Crippen molar-refractivity contribution in [2.75, 3.05) is 79.3 Å². The van der Waals surface area contributed by atoms with Gasteiger partial charge in [-0.1, -0.05) is 115 Å². The van der Waals surface area contributed by atoms with E-state index in [1.54, 1.807) is 24.3 Å². The summed E-state index contributed by atoms with van der Waals surface area (Å²) in [6.45, 7) is 20.2. The molecule has 0 unspecified atom stereocenters. The van der Waals surface area contributed by atoms with E-state index >= 15 is 0 Å². The predicted octanol–water partition coefficient (Wildman–Crippen LogP) is 12.2. The van der Waals surface area contributed by atoms with Crippen LogP contribution in [0.4, 0.5) is 0 Å². The third kappa shape index (κ3) is 14.7. The van der Waals surface area contributed by atoms with E-state index < -0.39 is 0 Å². The van der Waals surface area contributed by atoms with Crippen LogP contribution >= 0.6 is 0 Å². The van der Waals surface area contributed by atoms with Crippen LogP contribution in [0.2, 0.25) is 0 Å². The van der Waals surface area contributed by atoms with Gasteiger partial charge in [0.1, 0.15) is 49.4 Å². The summed E-state index contributed by atoms with van der Waals surface area (Å²) in [5.41, 5.74) is 9.33. The fourth-order valence-electron chi connectivity index (χ4n) is 7.21. The van der Waals surface area contributed by atoms with Gasteiger partial charge >= 0.3 is 0 Å². The molecule has 0 spiro atoms. The molecule has 8 nitrogen and oxygen atoms in total. The van der Waals surface area contributed by atoms with Crippen LogP contribution in [0.25, 0.3) is 33.4 Å². The maximum absolute atomic E-state index is 6.63. The van der Waals surface area contributed by atoms with Crippen LogP contribution in [0.5, 0.6) is 23.0 Å². The second kappa shape index (κ2) is 26.8. The lowest BCUT2D eigenvalue weighted by molar-refractivity contribution is 0.120. The topological polar surface area (TPSA) is 73.8 Å². The molecule has 0 aliphatic carbocycles. The fraction of sp³-hybridized carbons (Fsp3) is 0.228. The van der Waals surface area contributed by atoms with Crippen molar-refractivity contribution >= 4 is 0 Å². The highest BCUT2D eigenvalue weighted by atomic mass is 16.5. The van der Waals surface area contributed by atoms with E-state index in [0.717, 1.165) is 73.1 Å². The minimum Gasteiger partial charge on any atom is -0.491 e. The van der Waals surface area contributed by atoms with Gasteiger partial charge in [-0.2, -0.15) is 0 Å². The fourth-order valence-corrected chi connectivity index (χ4v) is 7.21. The minimum absolute atomic E-state index is 0.343. The first-order chi connectivity index (χ1) is 32.1. The minimum atomic E-state index is -0.343. The van der Waals surface area contributed by atoms with Gasteiger partial charge in [0.05, 0.1) is 52.9 Å². The molecule has 6 aromatic rings. The Labute approximate surface area is 385 Å². The predicted molar refractivity (Wildman–Crippen MR) is 263 cm³/mol. The highest BCUT2D eigenvalue weighted by Gasteiger charge is 2.26. The monoisotopic (exact) mass is 872 g/mol. The first-order valence-corrected chi connectivity index (χ1v) is 22.0. The molecule has 0 heterocycles. The van der Waals surface area contributed by atoms with Crippen LogP contribution in [-0.2, 0) is 18.9 Å². The van der Waals surface area contributed by atoms with Gasteiger partial charge in [-0.15, -0.1) is 26.3 Å². The number of benzene rings is 6. The summed E-state index contributed by atoms with van der Waals surface area (Å²) in [6, 6.07) is 48.2. The SMILES string of the molecule is C=CCOCCOc1ccc(-c2ccc(OCCOCC=C)c(C(c3ccc(-c4ccccc4)cc3)c3cc(-c4ccc(OCCOCC=C)cc4)ccc3OCCOCC=C)c2)cc1. The van der Waals surface area contributed by atoms with Crippen LogP contribution < -0.4 is 18.9 Å². The molecule has 8 heteroatoms. The van der Waals surface area contributed by atoms with Crippen molar-refractivity contribution in [2.24, 2.45) is 0 Å². The Morgan fingerprint density at radius 3 is 1.08 bits per heavy atom. The van der Waals surface area contributed by atoms with Crippen molar-refractivity contribution < 1.29 is 37.9 Å². The van der Waals surface area contributed by atoms with Gasteiger partial charge in [0.2, 0.25) is 0 Å². The van der Waals surface area contributed by atoms with Crippen molar-refractivity contribution in [1.29, 1.82) is 0 Å². The van der Waals surface area contributed by atoms with Crippen LogP contribution in [0.3, 0.4) is 0 Å². The quantitative estimate of drug-likeness (QED) is 0.0252. The molecule has 0 radical (unpaired) electrons. The normalized spacial score (nSPS) is 10.9. The van der Waals surface area contributed by atoms with Gasteiger partial charge in [-0.05, 0) is 87.5 Å². The average molecular weight is 873 g/mol. The Balaban J connectivity index is 1.45. The molecule has 0 bridgehead atoms. The zero-order valence-electron chi connectivity index (χ0n) is 37.2. The highest BCUT2D eigenvalue weighted by Crippen LogP contribution is 2.45. The third-order valence-corrected chi connectivity index (χ3v) is 10.3. The molecular formula is C57H60O8. The molecule has 0 saturated carbocycles. The van der Waals surface area contributed by atoms with Crippen molar-refractivity contribution in [2.45, 2.75) is 5.92 Å². The summed E-state index contributed by atoms with van der Waals surface area (Å²) >= 11 is 0. The van der Waals surface area contributed by atoms with Gasteiger partial charge in [0, 0.05) is 17.0 Å². The zero-order valence-corrected chi connectivity index (χ0v) is 37.2. The van der Waals surface area contributed by atoms with Gasteiger partial charge in [0.25, 0.3) is 0 Å². The van der Waals surface area contributed by atoms with E-state index in [9.17, 15) is 0 Å². The molecule has 6 aromatic carbocycles. The highest BCUT2D eigenvalue weighted by molar-refractivity contribution is 5.72. The van der Waals surface area contributed by atoms with Gasteiger partial charge in [-0.3, -0.25) is 0 Å². The molecule has 0 aromatic heterocycles. The Kier molecular flexibility index (Phi) is 19.7. The van der Waals surface area contributed by atoms with Crippen molar-refractivity contribution in [3.05, 3.63) is 207 Å². The van der Waals surface area contributed by atoms with E-state index in [1.165, 1.54) is 0 Å². The summed E-state index contributed by atoms with van der Waals surface area (Å²) in [5, 5.41) is 0. The lowest BCUT2D eigenvalue weighted by Crippen LogP contribution is -2.13. The summed E-state index contributed by atoms with van der Waals surface area (Å²) < 4.78 is 47.7. The maximum Gasteiger partial charge on any atom is 0.123 e. The molecule has 336 valence electrons. The first kappa shape index (κ1) is 47.8. The van der Waals surface area contributed by atoms with Crippen LogP contribution in [0, 0.1) is 0 Å². The summed E-state index contributed by atoms with van der Waals surface area (Å²) in [6.07, 6.45) is 6.93. The molecule has 0 saturated heterocycles. The molecule has 0 atom stereocenters. The standard InChI is InChI=1S/C57H60O8/c1-5-30-58-34-38-62-51-24-18-46(19-25-51)49-22-28-55(64-40-36-60-32-7-3)53(42-49)57(48-16-14-45(15-17-48)44-12-10-9-11-13-44)54-43-50(23-29-56(54)65-41-37-61-33-8-4)47-20-26-52(27-21-47)63-39-35-59-31-6-2/h5-29,42-43,57H,1-4,30-41H2. The lowest BCUT2D eigenvalue weighted by Gasteiger charge is -2.26. The molecule has 0 N–H and O–H groups in total. The van der Waals surface area contributed by atoms with Crippen LogP contribution in [0.1, 0.15) is 22.6 Å². The average Bonchev–Trinajstić information content (AvgIpc) is 3.35. The smallest absolute Gasteiger partial charge is 0.123 e. The lowest BCUT2D eigenvalue weighted by atomic mass is 9.81. The molecule has 0 aliphatic heterocycles. The van der Waals surface area contributed by atoms with Crippen molar-refractivity contribution in [1.82, 2.24) is 0 Å². The number of rotatable bonds is 30. The number of hydrogen-bond donors (Lipinski definition) is 0. The Bertz CT molecular complexity index is 2230. The van der Waals surface area contributed by atoms with E-state index in [0.29, 0.717) is 79.3 Å².